The average Bonchev–Trinajstić information content (AvgIpc) is 2.53. The zero-order valence-corrected chi connectivity index (χ0v) is 13.9. The quantitative estimate of drug-likeness (QED) is 0.675. The molecule has 0 fully saturated rings. The van der Waals surface area contributed by atoms with E-state index in [1.807, 2.05) is 36.1 Å². The minimum Gasteiger partial charge on any atom is -0.494 e. The van der Waals surface area contributed by atoms with Gasteiger partial charge in [-0.05, 0) is 44.0 Å². The van der Waals surface area contributed by atoms with E-state index in [0.717, 1.165) is 37.4 Å². The Kier molecular flexibility index (Phi) is 8.88. The fraction of sp³-hybridized carbons (Fsp3) is 0.588. The number of hydrogen-bond acceptors (Lipinski definition) is 3. The fourth-order valence-electron chi connectivity index (χ4n) is 2.09. The third-order valence-electron chi connectivity index (χ3n) is 3.06. The van der Waals surface area contributed by atoms with Crippen LogP contribution < -0.4 is 14.8 Å². The fourth-order valence-corrected chi connectivity index (χ4v) is 2.09. The van der Waals surface area contributed by atoms with Crippen LogP contribution in [0.3, 0.4) is 0 Å². The molecule has 0 spiro atoms. The zero-order valence-electron chi connectivity index (χ0n) is 13.9. The Labute approximate surface area is 133 Å². The molecule has 0 aliphatic rings. The van der Waals surface area contributed by atoms with Crippen molar-refractivity contribution < 1.29 is 14.3 Å². The van der Waals surface area contributed by atoms with Crippen LogP contribution in [0.25, 0.3) is 0 Å². The summed E-state index contributed by atoms with van der Waals surface area (Å²) in [6, 6.07) is 7.48. The van der Waals surface area contributed by atoms with Crippen molar-refractivity contribution in [3.05, 3.63) is 24.3 Å². The topological polar surface area (TPSA) is 50.8 Å². The highest BCUT2D eigenvalue weighted by molar-refractivity contribution is 5.74. The molecule has 0 aliphatic carbocycles. The van der Waals surface area contributed by atoms with Crippen molar-refractivity contribution in [2.45, 2.75) is 33.6 Å². The lowest BCUT2D eigenvalue weighted by molar-refractivity contribution is 0.194. The average molecular weight is 308 g/mol. The van der Waals surface area contributed by atoms with Crippen molar-refractivity contribution in [3.63, 3.8) is 0 Å². The van der Waals surface area contributed by atoms with Gasteiger partial charge in [0.15, 0.2) is 0 Å². The number of benzene rings is 1. The molecule has 124 valence electrons. The highest BCUT2D eigenvalue weighted by Gasteiger charge is 2.10. The standard InChI is InChI=1S/C17H28N2O3/c1-4-12-19(13-5-2)17(20)18-11-14-22-16-9-7-15(8-10-16)21-6-3/h7-10H,4-6,11-14H2,1-3H3,(H,18,20). The predicted molar refractivity (Wildman–Crippen MR) is 88.7 cm³/mol. The molecule has 0 bridgehead atoms. The monoisotopic (exact) mass is 308 g/mol. The van der Waals surface area contributed by atoms with Crippen molar-refractivity contribution in [3.8, 4) is 11.5 Å². The Morgan fingerprint density at radius 1 is 1.00 bits per heavy atom. The third-order valence-corrected chi connectivity index (χ3v) is 3.06. The molecule has 5 heteroatoms. The minimum atomic E-state index is -0.0148. The van der Waals surface area contributed by atoms with Gasteiger partial charge in [0, 0.05) is 13.1 Å². The molecule has 1 aromatic carbocycles. The Balaban J connectivity index is 2.27. The number of carbonyl (C=O) groups is 1. The molecule has 1 aromatic rings. The molecular weight excluding hydrogens is 280 g/mol. The normalized spacial score (nSPS) is 10.1. The second kappa shape index (κ2) is 10.8. The van der Waals surface area contributed by atoms with Gasteiger partial charge in [-0.25, -0.2) is 4.79 Å². The van der Waals surface area contributed by atoms with Crippen molar-refractivity contribution >= 4 is 6.03 Å². The summed E-state index contributed by atoms with van der Waals surface area (Å²) < 4.78 is 11.0. The summed E-state index contributed by atoms with van der Waals surface area (Å²) in [5.41, 5.74) is 0. The molecule has 0 atom stereocenters. The van der Waals surface area contributed by atoms with Gasteiger partial charge >= 0.3 is 6.03 Å². The highest BCUT2D eigenvalue weighted by atomic mass is 16.5. The largest absolute Gasteiger partial charge is 0.494 e. The van der Waals surface area contributed by atoms with Gasteiger partial charge < -0.3 is 19.7 Å². The smallest absolute Gasteiger partial charge is 0.317 e. The first-order valence-corrected chi connectivity index (χ1v) is 8.09. The van der Waals surface area contributed by atoms with E-state index in [1.54, 1.807) is 0 Å². The molecule has 1 N–H and O–H groups in total. The van der Waals surface area contributed by atoms with Crippen LogP contribution in [0.4, 0.5) is 4.79 Å². The molecule has 0 saturated carbocycles. The molecule has 0 aliphatic heterocycles. The summed E-state index contributed by atoms with van der Waals surface area (Å²) in [5.74, 6) is 1.61. The summed E-state index contributed by atoms with van der Waals surface area (Å²) in [5, 5.41) is 2.89. The number of rotatable bonds is 10. The maximum absolute atomic E-state index is 12.0. The number of nitrogens with zero attached hydrogens (tertiary/aromatic N) is 1. The van der Waals surface area contributed by atoms with E-state index in [9.17, 15) is 4.79 Å². The van der Waals surface area contributed by atoms with Gasteiger partial charge in [0.05, 0.1) is 13.2 Å². The Bertz CT molecular complexity index is 414. The van der Waals surface area contributed by atoms with Crippen molar-refractivity contribution in [1.29, 1.82) is 0 Å². The van der Waals surface area contributed by atoms with Crippen LogP contribution in [0.15, 0.2) is 24.3 Å². The maximum Gasteiger partial charge on any atom is 0.317 e. The van der Waals surface area contributed by atoms with Crippen molar-refractivity contribution in [1.82, 2.24) is 10.2 Å². The Morgan fingerprint density at radius 2 is 1.55 bits per heavy atom. The molecule has 0 radical (unpaired) electrons. The predicted octanol–water partition coefficient (Wildman–Crippen LogP) is 3.30. The molecule has 0 heterocycles. The molecular formula is C17H28N2O3. The number of carbonyl (C=O) groups excluding carboxylic acids is 1. The molecule has 1 rings (SSSR count). The van der Waals surface area contributed by atoms with Crippen LogP contribution in [0.2, 0.25) is 0 Å². The molecule has 0 saturated heterocycles. The molecule has 22 heavy (non-hydrogen) atoms. The van der Waals surface area contributed by atoms with Crippen LogP contribution >= 0.6 is 0 Å². The second-order valence-corrected chi connectivity index (χ2v) is 4.97. The molecule has 2 amide bonds. The minimum absolute atomic E-state index is 0.0148. The summed E-state index contributed by atoms with van der Waals surface area (Å²) in [6.07, 6.45) is 1.94. The summed E-state index contributed by atoms with van der Waals surface area (Å²) in [4.78, 5) is 13.8. The number of nitrogens with one attached hydrogen (secondary N) is 1. The van der Waals surface area contributed by atoms with Gasteiger partial charge in [0.2, 0.25) is 0 Å². The van der Waals surface area contributed by atoms with Gasteiger partial charge in [-0.15, -0.1) is 0 Å². The SMILES string of the molecule is CCCN(CCC)C(=O)NCCOc1ccc(OCC)cc1. The first-order valence-electron chi connectivity index (χ1n) is 8.09. The molecule has 5 nitrogen and oxygen atoms in total. The van der Waals surface area contributed by atoms with E-state index in [-0.39, 0.29) is 6.03 Å². The van der Waals surface area contributed by atoms with Crippen LogP contribution in [0.1, 0.15) is 33.6 Å². The molecule has 0 unspecified atom stereocenters. The van der Waals surface area contributed by atoms with E-state index in [0.29, 0.717) is 19.8 Å². The number of ether oxygens (including phenoxy) is 2. The van der Waals surface area contributed by atoms with Crippen LogP contribution in [-0.2, 0) is 0 Å². The van der Waals surface area contributed by atoms with Gasteiger partial charge in [-0.1, -0.05) is 13.8 Å². The van der Waals surface area contributed by atoms with Gasteiger partial charge in [0.1, 0.15) is 18.1 Å². The first-order chi connectivity index (χ1) is 10.7. The van der Waals surface area contributed by atoms with E-state index in [2.05, 4.69) is 19.2 Å². The highest BCUT2D eigenvalue weighted by Crippen LogP contribution is 2.17. The number of urea groups is 1. The van der Waals surface area contributed by atoms with Crippen molar-refractivity contribution in [2.75, 3.05) is 32.8 Å². The maximum atomic E-state index is 12.0. The summed E-state index contributed by atoms with van der Waals surface area (Å²) >= 11 is 0. The Morgan fingerprint density at radius 3 is 2.05 bits per heavy atom. The lowest BCUT2D eigenvalue weighted by atomic mass is 10.3. The first kappa shape index (κ1) is 18.1. The lowest BCUT2D eigenvalue weighted by Gasteiger charge is -2.21. The van der Waals surface area contributed by atoms with Gasteiger partial charge in [-0.3, -0.25) is 0 Å². The number of amides is 2. The summed E-state index contributed by atoms with van der Waals surface area (Å²) in [6.45, 7) is 9.28. The zero-order chi connectivity index (χ0) is 16.2. The lowest BCUT2D eigenvalue weighted by Crippen LogP contribution is -2.42. The van der Waals surface area contributed by atoms with Crippen LogP contribution in [0.5, 0.6) is 11.5 Å². The van der Waals surface area contributed by atoms with E-state index >= 15 is 0 Å². The van der Waals surface area contributed by atoms with Crippen molar-refractivity contribution in [2.24, 2.45) is 0 Å². The van der Waals surface area contributed by atoms with E-state index in [1.165, 1.54) is 0 Å². The van der Waals surface area contributed by atoms with E-state index in [4.69, 9.17) is 9.47 Å². The second-order valence-electron chi connectivity index (χ2n) is 4.97. The van der Waals surface area contributed by atoms with Crippen LogP contribution in [0, 0.1) is 0 Å². The van der Waals surface area contributed by atoms with Gasteiger partial charge in [-0.2, -0.15) is 0 Å². The molecule has 0 aromatic heterocycles. The van der Waals surface area contributed by atoms with Crippen LogP contribution in [-0.4, -0.2) is 43.8 Å². The van der Waals surface area contributed by atoms with E-state index < -0.39 is 0 Å². The summed E-state index contributed by atoms with van der Waals surface area (Å²) in [7, 11) is 0. The van der Waals surface area contributed by atoms with Gasteiger partial charge in [0.25, 0.3) is 0 Å². The third kappa shape index (κ3) is 6.70. The Hall–Kier alpha value is -1.91. The number of hydrogen-bond donors (Lipinski definition) is 1.